The molecule has 0 saturated carbocycles. The number of alkyl halides is 3. The van der Waals surface area contributed by atoms with Crippen molar-refractivity contribution in [2.24, 2.45) is 0 Å². The van der Waals surface area contributed by atoms with Crippen molar-refractivity contribution in [1.29, 1.82) is 0 Å². The Morgan fingerprint density at radius 2 is 1.56 bits per heavy atom. The van der Waals surface area contributed by atoms with Crippen LogP contribution < -0.4 is 5.32 Å². The number of hydrogen-bond acceptors (Lipinski definition) is 6. The van der Waals surface area contributed by atoms with Gasteiger partial charge >= 0.3 is 20.7 Å². The molecule has 0 aromatic heterocycles. The van der Waals surface area contributed by atoms with Gasteiger partial charge in [0.1, 0.15) is 0 Å². The van der Waals surface area contributed by atoms with Gasteiger partial charge in [-0.15, -0.1) is 0 Å². The number of carbonyl (C=O) groups is 1. The monoisotopic (exact) mass is 419 g/mol. The predicted molar refractivity (Wildman–Crippen MR) is 98.5 cm³/mol. The first-order chi connectivity index (χ1) is 12.4. The minimum atomic E-state index is -4.84. The van der Waals surface area contributed by atoms with Gasteiger partial charge in [0.2, 0.25) is 0 Å². The third-order valence-electron chi connectivity index (χ3n) is 4.00. The van der Waals surface area contributed by atoms with Crippen molar-refractivity contribution in [3.05, 3.63) is 0 Å². The number of hydroxylamine groups is 2. The van der Waals surface area contributed by atoms with E-state index in [1.807, 2.05) is 5.32 Å². The molecule has 0 aliphatic heterocycles. The van der Waals surface area contributed by atoms with Crippen molar-refractivity contribution in [1.82, 2.24) is 15.3 Å². The highest BCUT2D eigenvalue weighted by molar-refractivity contribution is 7.39. The molecule has 0 spiro atoms. The van der Waals surface area contributed by atoms with Crippen LogP contribution in [-0.4, -0.2) is 70.1 Å². The van der Waals surface area contributed by atoms with Gasteiger partial charge in [-0.1, -0.05) is 12.8 Å². The summed E-state index contributed by atoms with van der Waals surface area (Å²) >= 11 is 0. The first-order valence-electron chi connectivity index (χ1n) is 9.16. The van der Waals surface area contributed by atoms with Gasteiger partial charge in [0.15, 0.2) is 0 Å². The van der Waals surface area contributed by atoms with Gasteiger partial charge in [0.25, 0.3) is 0 Å². The van der Waals surface area contributed by atoms with E-state index in [2.05, 4.69) is 32.6 Å². The topological polar surface area (TPSA) is 85.3 Å². The molecule has 11 heteroatoms. The van der Waals surface area contributed by atoms with Crippen LogP contribution in [0.1, 0.15) is 53.4 Å². The molecule has 0 atom stereocenters. The lowest BCUT2D eigenvalue weighted by molar-refractivity contribution is -0.173. The summed E-state index contributed by atoms with van der Waals surface area (Å²) in [6.07, 6.45) is -2.31. The van der Waals surface area contributed by atoms with Crippen LogP contribution in [-0.2, 0) is 9.42 Å². The van der Waals surface area contributed by atoms with Gasteiger partial charge in [-0.3, -0.25) is 9.69 Å². The molecule has 0 fully saturated rings. The average Bonchev–Trinajstić information content (AvgIpc) is 2.51. The van der Waals surface area contributed by atoms with Crippen LogP contribution in [0.15, 0.2) is 0 Å². The number of hydrogen-bond donors (Lipinski definition) is 3. The van der Waals surface area contributed by atoms with Crippen molar-refractivity contribution >= 4 is 14.5 Å². The van der Waals surface area contributed by atoms with E-state index in [1.165, 1.54) is 5.06 Å². The molecule has 0 rings (SSSR count). The van der Waals surface area contributed by atoms with Gasteiger partial charge in [-0.05, 0) is 40.5 Å². The maximum Gasteiger partial charge on any atom is 0.471 e. The van der Waals surface area contributed by atoms with Crippen LogP contribution in [0.2, 0.25) is 0 Å². The zero-order valence-electron chi connectivity index (χ0n) is 16.5. The number of nitrogens with one attached hydrogen (secondary N) is 1. The summed E-state index contributed by atoms with van der Waals surface area (Å²) in [5.41, 5.74) is 0. The summed E-state index contributed by atoms with van der Waals surface area (Å²) in [6.45, 7) is 10.1. The molecule has 0 unspecified atom stereocenters. The van der Waals surface area contributed by atoms with E-state index in [9.17, 15) is 18.0 Å². The first-order valence-corrected chi connectivity index (χ1v) is 10.3. The summed E-state index contributed by atoms with van der Waals surface area (Å²) in [4.78, 5) is 31.1. The Hall–Kier alpha value is -0.510. The smallest absolute Gasteiger partial charge is 0.348 e. The van der Waals surface area contributed by atoms with Gasteiger partial charge in [-0.2, -0.15) is 18.2 Å². The number of nitrogens with zero attached hydrogens (tertiary/aromatic N) is 2. The zero-order chi connectivity index (χ0) is 21.0. The summed E-state index contributed by atoms with van der Waals surface area (Å²) in [5, 5.41) is 3.36. The van der Waals surface area contributed by atoms with E-state index >= 15 is 0 Å². The molecule has 0 heterocycles. The fourth-order valence-electron chi connectivity index (χ4n) is 2.71. The van der Waals surface area contributed by atoms with Crippen molar-refractivity contribution in [2.45, 2.75) is 71.6 Å². The van der Waals surface area contributed by atoms with Gasteiger partial charge in [0.05, 0.1) is 0 Å². The maximum absolute atomic E-state index is 12.0. The van der Waals surface area contributed by atoms with Gasteiger partial charge in [0, 0.05) is 38.3 Å². The molecule has 3 N–H and O–H groups in total. The van der Waals surface area contributed by atoms with E-state index in [1.54, 1.807) is 0 Å². The van der Waals surface area contributed by atoms with Crippen LogP contribution >= 0.6 is 8.60 Å². The summed E-state index contributed by atoms with van der Waals surface area (Å²) in [6, 6.07) is 0.701. The number of unbranched alkanes of at least 4 members (excludes halogenated alkanes) is 3. The van der Waals surface area contributed by atoms with Crippen LogP contribution in [0.25, 0.3) is 0 Å². The molecule has 0 aromatic carbocycles. The molecule has 0 aliphatic carbocycles. The van der Waals surface area contributed by atoms with Crippen LogP contribution in [0.4, 0.5) is 13.2 Å². The highest BCUT2D eigenvalue weighted by Crippen LogP contribution is 2.26. The number of rotatable bonds is 14. The summed E-state index contributed by atoms with van der Waals surface area (Å²) < 4.78 is 41.1. The van der Waals surface area contributed by atoms with Crippen molar-refractivity contribution in [3.63, 3.8) is 0 Å². The molecule has 0 aliphatic rings. The zero-order valence-corrected chi connectivity index (χ0v) is 17.4. The van der Waals surface area contributed by atoms with Gasteiger partial charge in [-0.25, -0.2) is 4.62 Å². The largest absolute Gasteiger partial charge is 0.471 e. The van der Waals surface area contributed by atoms with E-state index in [-0.39, 0.29) is 6.54 Å². The second kappa shape index (κ2) is 13.6. The quantitative estimate of drug-likeness (QED) is 0.228. The lowest BCUT2D eigenvalue weighted by Gasteiger charge is -2.32. The Morgan fingerprint density at radius 1 is 1.00 bits per heavy atom. The lowest BCUT2D eigenvalue weighted by Crippen LogP contribution is -2.42. The second-order valence-corrected chi connectivity index (χ2v) is 7.53. The average molecular weight is 419 g/mol. The number of halogens is 3. The van der Waals surface area contributed by atoms with Crippen molar-refractivity contribution in [2.75, 3.05) is 26.2 Å². The molecule has 0 aromatic rings. The molecule has 1 amide bonds. The van der Waals surface area contributed by atoms with Crippen LogP contribution in [0.3, 0.4) is 0 Å². The van der Waals surface area contributed by atoms with E-state index in [0.717, 1.165) is 6.42 Å². The van der Waals surface area contributed by atoms with Crippen molar-refractivity contribution < 1.29 is 32.4 Å². The third kappa shape index (κ3) is 13.3. The maximum atomic E-state index is 12.0. The first kappa shape index (κ1) is 26.5. The highest BCUT2D eigenvalue weighted by Gasteiger charge is 2.38. The Morgan fingerprint density at radius 3 is 2.04 bits per heavy atom. The summed E-state index contributed by atoms with van der Waals surface area (Å²) in [7, 11) is -2.50. The van der Waals surface area contributed by atoms with E-state index in [4.69, 9.17) is 14.4 Å². The predicted octanol–water partition coefficient (Wildman–Crippen LogP) is 2.79. The minimum absolute atomic E-state index is 0.0190. The third-order valence-corrected chi connectivity index (χ3v) is 4.38. The molecule has 0 radical (unpaired) electrons. The fraction of sp³-hybridized carbons (Fsp3) is 0.938. The Balaban J connectivity index is 4.09. The SMILES string of the molecule is CC(C)N(CCN(CCCCCCNC(=O)C(F)(F)F)OP(O)O)C(C)C. The molecule has 0 bridgehead atoms. The number of amides is 1. The highest BCUT2D eigenvalue weighted by atomic mass is 31.2. The molecular weight excluding hydrogens is 386 g/mol. The molecule has 0 saturated heterocycles. The molecule has 27 heavy (non-hydrogen) atoms. The number of carbonyl (C=O) groups excluding carboxylic acids is 1. The van der Waals surface area contributed by atoms with E-state index in [0.29, 0.717) is 51.0 Å². The Labute approximate surface area is 160 Å². The van der Waals surface area contributed by atoms with Crippen LogP contribution in [0, 0.1) is 0 Å². The Bertz CT molecular complexity index is 405. The molecule has 7 nitrogen and oxygen atoms in total. The Kier molecular flexibility index (Phi) is 13.4. The summed E-state index contributed by atoms with van der Waals surface area (Å²) in [5.74, 6) is -1.92. The minimum Gasteiger partial charge on any atom is -0.348 e. The lowest BCUT2D eigenvalue weighted by atomic mass is 10.2. The standard InChI is InChI=1S/C16H33F3N3O4P/c1-13(2)22(14(3)4)12-11-21(26-27(24)25)10-8-6-5-7-9-20-15(23)16(17,18)19/h13-14,24-25H,5-12H2,1-4H3,(H,20,23). The molecule has 162 valence electrons. The van der Waals surface area contributed by atoms with E-state index < -0.39 is 20.7 Å². The van der Waals surface area contributed by atoms with Crippen LogP contribution in [0.5, 0.6) is 0 Å². The normalized spacial score (nSPS) is 12.8. The van der Waals surface area contributed by atoms with Gasteiger partial charge < -0.3 is 15.1 Å². The molecular formula is C16H33F3N3O4P. The fourth-order valence-corrected chi connectivity index (χ4v) is 3.08. The van der Waals surface area contributed by atoms with Crippen molar-refractivity contribution in [3.8, 4) is 0 Å². The second-order valence-electron chi connectivity index (χ2n) is 6.86.